The lowest BCUT2D eigenvalue weighted by Crippen LogP contribution is -2.55. The van der Waals surface area contributed by atoms with Gasteiger partial charge in [-0.2, -0.15) is 0 Å². The molecule has 6 nitrogen and oxygen atoms in total. The summed E-state index contributed by atoms with van der Waals surface area (Å²) >= 11 is 6.32. The number of benzene rings is 3. The Morgan fingerprint density at radius 1 is 1.05 bits per heavy atom. The molecule has 3 aromatic carbocycles. The van der Waals surface area contributed by atoms with Crippen LogP contribution in [0.1, 0.15) is 22.3 Å². The normalized spacial score (nSPS) is 14.3. The summed E-state index contributed by atoms with van der Waals surface area (Å²) in [5, 5.41) is 6.96. The average molecular weight is 555 g/mol. The number of hydrogen-bond acceptors (Lipinski definition) is 6. The molecular weight excluding hydrogens is 530 g/mol. The van der Waals surface area contributed by atoms with Crippen LogP contribution in [-0.2, 0) is 6.54 Å². The third kappa shape index (κ3) is 4.77. The molecule has 3 heterocycles. The van der Waals surface area contributed by atoms with Crippen LogP contribution in [0.15, 0.2) is 84.2 Å². The van der Waals surface area contributed by atoms with E-state index in [1.54, 1.807) is 24.4 Å². The SMILES string of the molecule is C=C=C(c1ccc(Nc2ncc3c(n2)-c2ccc(Cl)cc2C(c2c(F)cccc2F)=NC3)cc1)N1CC(NC)C1. The number of anilines is 2. The second-order valence-electron chi connectivity index (χ2n) is 9.64. The summed E-state index contributed by atoms with van der Waals surface area (Å²) in [5.41, 5.74) is 8.35. The van der Waals surface area contributed by atoms with Crippen molar-refractivity contribution in [3.63, 3.8) is 0 Å². The van der Waals surface area contributed by atoms with Crippen LogP contribution in [0.3, 0.4) is 0 Å². The zero-order valence-corrected chi connectivity index (χ0v) is 22.4. The van der Waals surface area contributed by atoms with E-state index in [-0.39, 0.29) is 17.8 Å². The Balaban J connectivity index is 1.31. The highest BCUT2D eigenvalue weighted by molar-refractivity contribution is 6.31. The van der Waals surface area contributed by atoms with Crippen LogP contribution >= 0.6 is 11.6 Å². The van der Waals surface area contributed by atoms with Gasteiger partial charge in [-0.1, -0.05) is 42.4 Å². The fourth-order valence-corrected chi connectivity index (χ4v) is 5.17. The van der Waals surface area contributed by atoms with E-state index in [1.165, 1.54) is 18.2 Å². The van der Waals surface area contributed by atoms with Crippen molar-refractivity contribution < 1.29 is 8.78 Å². The quantitative estimate of drug-likeness (QED) is 0.278. The molecule has 1 saturated heterocycles. The van der Waals surface area contributed by atoms with E-state index in [2.05, 4.69) is 37.8 Å². The molecule has 0 spiro atoms. The lowest BCUT2D eigenvalue weighted by atomic mass is 9.95. The minimum atomic E-state index is -0.696. The lowest BCUT2D eigenvalue weighted by molar-refractivity contribution is 0.211. The molecule has 4 aromatic rings. The van der Waals surface area contributed by atoms with Crippen LogP contribution < -0.4 is 10.6 Å². The van der Waals surface area contributed by atoms with Gasteiger partial charge < -0.3 is 15.5 Å². The summed E-state index contributed by atoms with van der Waals surface area (Å²) in [4.78, 5) is 16.1. The van der Waals surface area contributed by atoms with Crippen LogP contribution in [0.5, 0.6) is 0 Å². The van der Waals surface area contributed by atoms with Gasteiger partial charge in [0, 0.05) is 58.3 Å². The molecular formula is C31H25ClF2N6. The Morgan fingerprint density at radius 3 is 2.50 bits per heavy atom. The molecule has 2 N–H and O–H groups in total. The summed E-state index contributed by atoms with van der Waals surface area (Å²) in [6, 6.07) is 17.3. The number of fused-ring (bicyclic) bond motifs is 3. The Hall–Kier alpha value is -4.36. The summed E-state index contributed by atoms with van der Waals surface area (Å²) in [7, 11) is 1.97. The first-order valence-corrected chi connectivity index (χ1v) is 13.2. The first-order chi connectivity index (χ1) is 19.4. The molecule has 1 fully saturated rings. The topological polar surface area (TPSA) is 65.4 Å². The highest BCUT2D eigenvalue weighted by Crippen LogP contribution is 2.35. The van der Waals surface area contributed by atoms with Gasteiger partial charge in [-0.05, 0) is 43.4 Å². The fourth-order valence-electron chi connectivity index (χ4n) is 5.00. The third-order valence-electron chi connectivity index (χ3n) is 7.15. The first kappa shape index (κ1) is 25.9. The first-order valence-electron chi connectivity index (χ1n) is 12.8. The molecule has 6 rings (SSSR count). The van der Waals surface area contributed by atoms with Crippen molar-refractivity contribution in [2.75, 3.05) is 25.5 Å². The van der Waals surface area contributed by atoms with Crippen LogP contribution in [0, 0.1) is 11.6 Å². The van der Waals surface area contributed by atoms with E-state index >= 15 is 0 Å². The smallest absolute Gasteiger partial charge is 0.227 e. The maximum Gasteiger partial charge on any atom is 0.227 e. The minimum absolute atomic E-state index is 0.154. The Kier molecular flexibility index (Phi) is 6.90. The molecule has 0 aliphatic carbocycles. The van der Waals surface area contributed by atoms with Crippen LogP contribution in [0.2, 0.25) is 5.02 Å². The number of nitrogens with zero attached hydrogens (tertiary/aromatic N) is 4. The summed E-state index contributed by atoms with van der Waals surface area (Å²) in [5.74, 6) is -1.01. The largest absolute Gasteiger partial charge is 0.362 e. The van der Waals surface area contributed by atoms with Crippen molar-refractivity contribution in [2.45, 2.75) is 12.6 Å². The maximum atomic E-state index is 14.8. The molecule has 2 aliphatic rings. The molecule has 0 saturated carbocycles. The van der Waals surface area contributed by atoms with E-state index in [1.807, 2.05) is 31.3 Å². The van der Waals surface area contributed by atoms with Gasteiger partial charge in [0.25, 0.3) is 0 Å². The van der Waals surface area contributed by atoms with Gasteiger partial charge in [0.15, 0.2) is 0 Å². The highest BCUT2D eigenvalue weighted by atomic mass is 35.5. The number of rotatable bonds is 6. The average Bonchev–Trinajstić information content (AvgIpc) is 3.07. The summed E-state index contributed by atoms with van der Waals surface area (Å²) < 4.78 is 29.6. The third-order valence-corrected chi connectivity index (χ3v) is 7.39. The van der Waals surface area contributed by atoms with E-state index < -0.39 is 11.6 Å². The number of hydrogen-bond donors (Lipinski definition) is 2. The van der Waals surface area contributed by atoms with Gasteiger partial charge in [-0.15, -0.1) is 5.73 Å². The van der Waals surface area contributed by atoms with Crippen molar-refractivity contribution in [1.82, 2.24) is 20.2 Å². The van der Waals surface area contributed by atoms with Crippen LogP contribution in [-0.4, -0.2) is 46.8 Å². The van der Waals surface area contributed by atoms with E-state index in [0.717, 1.165) is 35.6 Å². The number of likely N-dealkylation sites (tertiary alicyclic amines) is 1. The van der Waals surface area contributed by atoms with Gasteiger partial charge >= 0.3 is 0 Å². The number of halogens is 3. The molecule has 9 heteroatoms. The van der Waals surface area contributed by atoms with E-state index in [0.29, 0.717) is 33.8 Å². The predicted octanol–water partition coefficient (Wildman–Crippen LogP) is 6.20. The number of aliphatic imine (C=N–C) groups is 1. The second-order valence-corrected chi connectivity index (χ2v) is 10.1. The Bertz CT molecular complexity index is 1670. The predicted molar refractivity (Wildman–Crippen MR) is 155 cm³/mol. The molecule has 200 valence electrons. The molecule has 0 radical (unpaired) electrons. The monoisotopic (exact) mass is 554 g/mol. The number of aromatic nitrogens is 2. The standard InChI is InChI=1S/C31H25ClF2N6/c1-3-27(40-16-22(17-40)35-2)18-7-10-21(11-8-18)38-31-37-15-19-14-36-30(28-25(33)5-4-6-26(28)34)24-13-20(32)9-12-23(24)29(19)39-31/h4-13,15,22,35H,1,14,16-17H2,2H3,(H,37,38,39). The van der Waals surface area contributed by atoms with Crippen molar-refractivity contribution in [3.8, 4) is 11.3 Å². The second kappa shape index (κ2) is 10.7. The van der Waals surface area contributed by atoms with Crippen LogP contribution in [0.25, 0.3) is 17.0 Å². The number of likely N-dealkylation sites (N-methyl/N-ethyl adjacent to an activating group) is 1. The molecule has 0 unspecified atom stereocenters. The molecule has 2 aliphatic heterocycles. The zero-order valence-electron chi connectivity index (χ0n) is 21.7. The highest BCUT2D eigenvalue weighted by Gasteiger charge is 2.28. The van der Waals surface area contributed by atoms with Gasteiger partial charge in [-0.3, -0.25) is 4.99 Å². The molecule has 0 atom stereocenters. The van der Waals surface area contributed by atoms with E-state index in [9.17, 15) is 8.78 Å². The van der Waals surface area contributed by atoms with Crippen molar-refractivity contribution in [1.29, 1.82) is 0 Å². The van der Waals surface area contributed by atoms with Gasteiger partial charge in [0.2, 0.25) is 5.95 Å². The van der Waals surface area contributed by atoms with Gasteiger partial charge in [-0.25, -0.2) is 18.7 Å². The Labute approximate surface area is 235 Å². The zero-order chi connectivity index (χ0) is 27.8. The van der Waals surface area contributed by atoms with Gasteiger partial charge in [0.05, 0.1) is 29.2 Å². The minimum Gasteiger partial charge on any atom is -0.362 e. The number of nitrogens with one attached hydrogen (secondary N) is 2. The van der Waals surface area contributed by atoms with Crippen LogP contribution in [0.4, 0.5) is 20.4 Å². The van der Waals surface area contributed by atoms with Crippen molar-refractivity contribution in [3.05, 3.63) is 118 Å². The fraction of sp³-hybridized carbons (Fsp3) is 0.161. The van der Waals surface area contributed by atoms with Crippen molar-refractivity contribution in [2.24, 2.45) is 4.99 Å². The molecule has 40 heavy (non-hydrogen) atoms. The molecule has 0 amide bonds. The lowest BCUT2D eigenvalue weighted by Gasteiger charge is -2.41. The van der Waals surface area contributed by atoms with Crippen molar-refractivity contribution >= 4 is 34.6 Å². The summed E-state index contributed by atoms with van der Waals surface area (Å²) in [6.07, 6.45) is 1.68. The summed E-state index contributed by atoms with van der Waals surface area (Å²) in [6.45, 7) is 5.85. The van der Waals surface area contributed by atoms with Gasteiger partial charge in [0.1, 0.15) is 11.6 Å². The molecule has 1 aromatic heterocycles. The molecule has 0 bridgehead atoms. The van der Waals surface area contributed by atoms with E-state index in [4.69, 9.17) is 16.6 Å². The Morgan fingerprint density at radius 2 is 1.80 bits per heavy atom. The maximum absolute atomic E-state index is 14.8.